The molecule has 100 valence electrons. The Kier molecular flexibility index (Phi) is 4.66. The average molecular weight is 254 g/mol. The summed E-state index contributed by atoms with van der Waals surface area (Å²) in [5.74, 6) is 0. The van der Waals surface area contributed by atoms with Crippen LogP contribution in [0.1, 0.15) is 30.9 Å². The zero-order valence-corrected chi connectivity index (χ0v) is 10.7. The van der Waals surface area contributed by atoms with Gasteiger partial charge in [0.1, 0.15) is 0 Å². The van der Waals surface area contributed by atoms with Crippen LogP contribution in [0.25, 0.3) is 0 Å². The first-order valence-corrected chi connectivity index (χ1v) is 6.52. The molecule has 1 heterocycles. The molecule has 4 heteroatoms. The molecule has 0 saturated carbocycles. The summed E-state index contributed by atoms with van der Waals surface area (Å²) in [5, 5.41) is 3.25. The van der Waals surface area contributed by atoms with Gasteiger partial charge < -0.3 is 5.32 Å². The number of alkyl halides is 2. The Balaban J connectivity index is 2.03. The van der Waals surface area contributed by atoms with E-state index in [1.54, 1.807) is 12.1 Å². The quantitative estimate of drug-likeness (QED) is 0.839. The van der Waals surface area contributed by atoms with E-state index in [0.717, 1.165) is 38.2 Å². The number of nitrogens with one attached hydrogen (secondary N) is 1. The van der Waals surface area contributed by atoms with E-state index >= 15 is 0 Å². The van der Waals surface area contributed by atoms with Gasteiger partial charge in [-0.2, -0.15) is 0 Å². The van der Waals surface area contributed by atoms with Crippen LogP contribution >= 0.6 is 0 Å². The molecule has 0 aliphatic carbocycles. The summed E-state index contributed by atoms with van der Waals surface area (Å²) in [6, 6.07) is 7.32. The number of hydrogen-bond donors (Lipinski definition) is 1. The topological polar surface area (TPSA) is 15.3 Å². The van der Waals surface area contributed by atoms with Crippen molar-refractivity contribution in [3.8, 4) is 0 Å². The minimum atomic E-state index is -2.38. The van der Waals surface area contributed by atoms with E-state index < -0.39 is 6.43 Å². The number of halogens is 2. The first-order valence-electron chi connectivity index (χ1n) is 6.52. The van der Waals surface area contributed by atoms with Crippen LogP contribution in [0.4, 0.5) is 8.78 Å². The van der Waals surface area contributed by atoms with Crippen LogP contribution in [0.5, 0.6) is 0 Å². The predicted octanol–water partition coefficient (Wildman–Crippen LogP) is 2.81. The van der Waals surface area contributed by atoms with Crippen LogP contribution in [0.15, 0.2) is 24.3 Å². The lowest BCUT2D eigenvalue weighted by molar-refractivity contribution is 0.136. The van der Waals surface area contributed by atoms with E-state index in [-0.39, 0.29) is 5.56 Å². The molecule has 0 unspecified atom stereocenters. The minimum absolute atomic E-state index is 0.121. The molecular weight excluding hydrogens is 234 g/mol. The predicted molar refractivity (Wildman–Crippen MR) is 68.8 cm³/mol. The maximum Gasteiger partial charge on any atom is 0.263 e. The lowest BCUT2D eigenvalue weighted by Gasteiger charge is -2.38. The molecule has 2 nitrogen and oxygen atoms in total. The maximum atomic E-state index is 12.6. The van der Waals surface area contributed by atoms with E-state index in [1.165, 1.54) is 6.07 Å². The molecule has 0 bridgehead atoms. The lowest BCUT2D eigenvalue weighted by Crippen LogP contribution is -2.56. The van der Waals surface area contributed by atoms with Crippen molar-refractivity contribution in [3.63, 3.8) is 0 Å². The molecule has 0 spiro atoms. The second kappa shape index (κ2) is 6.25. The molecule has 1 aliphatic rings. The molecule has 0 radical (unpaired) electrons. The molecule has 1 fully saturated rings. The third-order valence-electron chi connectivity index (χ3n) is 3.38. The van der Waals surface area contributed by atoms with Crippen molar-refractivity contribution < 1.29 is 8.78 Å². The fraction of sp³-hybridized carbons (Fsp3) is 0.571. The molecular formula is C14H20F2N2. The van der Waals surface area contributed by atoms with Gasteiger partial charge in [-0.15, -0.1) is 0 Å². The SMILES string of the molecule is CCCN(Cc1cccc(C(F)F)c1)C1CNC1. The summed E-state index contributed by atoms with van der Waals surface area (Å²) in [7, 11) is 0. The van der Waals surface area contributed by atoms with Gasteiger partial charge in [0.15, 0.2) is 0 Å². The lowest BCUT2D eigenvalue weighted by atomic mass is 10.1. The molecule has 1 aliphatic heterocycles. The highest BCUT2D eigenvalue weighted by atomic mass is 19.3. The van der Waals surface area contributed by atoms with Crippen LogP contribution in [0.3, 0.4) is 0 Å². The third kappa shape index (κ3) is 3.27. The first kappa shape index (κ1) is 13.4. The highest BCUT2D eigenvalue weighted by molar-refractivity contribution is 5.24. The Morgan fingerprint density at radius 1 is 1.39 bits per heavy atom. The van der Waals surface area contributed by atoms with E-state index in [2.05, 4.69) is 17.1 Å². The first-order chi connectivity index (χ1) is 8.70. The number of rotatable bonds is 6. The summed E-state index contributed by atoms with van der Waals surface area (Å²) < 4.78 is 25.3. The van der Waals surface area contributed by atoms with Crippen molar-refractivity contribution in [2.75, 3.05) is 19.6 Å². The molecule has 1 saturated heterocycles. The molecule has 0 atom stereocenters. The monoisotopic (exact) mass is 254 g/mol. The normalized spacial score (nSPS) is 16.3. The largest absolute Gasteiger partial charge is 0.314 e. The van der Waals surface area contributed by atoms with Gasteiger partial charge in [-0.3, -0.25) is 4.90 Å². The van der Waals surface area contributed by atoms with Crippen molar-refractivity contribution in [2.45, 2.75) is 32.4 Å². The van der Waals surface area contributed by atoms with E-state index in [4.69, 9.17) is 0 Å². The molecule has 1 aromatic rings. The number of nitrogens with zero attached hydrogens (tertiary/aromatic N) is 1. The van der Waals surface area contributed by atoms with Crippen LogP contribution in [-0.2, 0) is 6.54 Å². The van der Waals surface area contributed by atoms with Crippen LogP contribution < -0.4 is 5.32 Å². The van der Waals surface area contributed by atoms with E-state index in [0.29, 0.717) is 6.04 Å². The Morgan fingerprint density at radius 2 is 2.17 bits per heavy atom. The highest BCUT2D eigenvalue weighted by Gasteiger charge is 2.23. The second-order valence-electron chi connectivity index (χ2n) is 4.83. The molecule has 0 aromatic heterocycles. The summed E-state index contributed by atoms with van der Waals surface area (Å²) >= 11 is 0. The summed E-state index contributed by atoms with van der Waals surface area (Å²) in [4.78, 5) is 2.38. The molecule has 0 amide bonds. The number of hydrogen-bond acceptors (Lipinski definition) is 2. The van der Waals surface area contributed by atoms with Gasteiger partial charge in [-0.05, 0) is 24.6 Å². The van der Waals surface area contributed by atoms with Crippen LogP contribution in [-0.4, -0.2) is 30.6 Å². The van der Waals surface area contributed by atoms with Crippen molar-refractivity contribution >= 4 is 0 Å². The minimum Gasteiger partial charge on any atom is -0.314 e. The van der Waals surface area contributed by atoms with Gasteiger partial charge in [0.25, 0.3) is 6.43 Å². The molecule has 1 aromatic carbocycles. The fourth-order valence-electron chi connectivity index (χ4n) is 2.27. The van der Waals surface area contributed by atoms with E-state index in [1.807, 2.05) is 6.07 Å². The standard InChI is InChI=1S/C14H20F2N2/c1-2-6-18(13-8-17-9-13)10-11-4-3-5-12(7-11)14(15)16/h3-5,7,13-14,17H,2,6,8-10H2,1H3. The van der Waals surface area contributed by atoms with Crippen LogP contribution in [0.2, 0.25) is 0 Å². The highest BCUT2D eigenvalue weighted by Crippen LogP contribution is 2.21. The molecule has 18 heavy (non-hydrogen) atoms. The summed E-state index contributed by atoms with van der Waals surface area (Å²) in [6.45, 7) is 5.95. The van der Waals surface area contributed by atoms with Gasteiger partial charge >= 0.3 is 0 Å². The maximum absolute atomic E-state index is 12.6. The van der Waals surface area contributed by atoms with Crippen LogP contribution in [0, 0.1) is 0 Å². The smallest absolute Gasteiger partial charge is 0.263 e. The van der Waals surface area contributed by atoms with Gasteiger partial charge in [-0.25, -0.2) is 8.78 Å². The Bertz CT molecular complexity index is 378. The Hall–Kier alpha value is -1.00. The zero-order chi connectivity index (χ0) is 13.0. The number of benzene rings is 1. The fourth-order valence-corrected chi connectivity index (χ4v) is 2.27. The van der Waals surface area contributed by atoms with E-state index in [9.17, 15) is 8.78 Å². The molecule has 2 rings (SSSR count). The second-order valence-corrected chi connectivity index (χ2v) is 4.83. The Morgan fingerprint density at radius 3 is 2.72 bits per heavy atom. The van der Waals surface area contributed by atoms with Crippen molar-refractivity contribution in [1.29, 1.82) is 0 Å². The summed E-state index contributed by atoms with van der Waals surface area (Å²) in [5.41, 5.74) is 1.10. The van der Waals surface area contributed by atoms with Gasteiger partial charge in [0.2, 0.25) is 0 Å². The van der Waals surface area contributed by atoms with Crippen molar-refractivity contribution in [2.24, 2.45) is 0 Å². The Labute approximate surface area is 107 Å². The van der Waals surface area contributed by atoms with Crippen molar-refractivity contribution in [1.82, 2.24) is 10.2 Å². The molecule has 1 N–H and O–H groups in total. The zero-order valence-electron chi connectivity index (χ0n) is 10.7. The van der Waals surface area contributed by atoms with Gasteiger partial charge in [-0.1, -0.05) is 25.1 Å². The summed E-state index contributed by atoms with van der Waals surface area (Å²) in [6.07, 6.45) is -1.29. The average Bonchev–Trinajstić information content (AvgIpc) is 2.27. The third-order valence-corrected chi connectivity index (χ3v) is 3.38. The van der Waals surface area contributed by atoms with Gasteiger partial charge in [0, 0.05) is 31.2 Å². The van der Waals surface area contributed by atoms with Gasteiger partial charge in [0.05, 0.1) is 0 Å². The van der Waals surface area contributed by atoms with Crippen molar-refractivity contribution in [3.05, 3.63) is 35.4 Å².